The van der Waals surface area contributed by atoms with Crippen molar-refractivity contribution in [3.63, 3.8) is 0 Å². The number of piperidine rings is 1. The first kappa shape index (κ1) is 16.4. The van der Waals surface area contributed by atoms with Crippen LogP contribution in [0.15, 0.2) is 48.5 Å². The van der Waals surface area contributed by atoms with Crippen LogP contribution in [0.5, 0.6) is 11.5 Å². The Hall–Kier alpha value is -2.04. The van der Waals surface area contributed by atoms with Crippen molar-refractivity contribution in [2.24, 2.45) is 5.92 Å². The smallest absolute Gasteiger partial charge is 0.251 e. The van der Waals surface area contributed by atoms with Crippen molar-refractivity contribution in [2.45, 2.75) is 18.9 Å². The summed E-state index contributed by atoms with van der Waals surface area (Å²) in [5, 5.41) is 3.85. The molecule has 1 N–H and O–H groups in total. The molecule has 4 nitrogen and oxygen atoms in total. The van der Waals surface area contributed by atoms with Crippen LogP contribution in [-0.2, 0) is 0 Å². The Bertz CT molecular complexity index is 733. The molecule has 130 valence electrons. The summed E-state index contributed by atoms with van der Waals surface area (Å²) in [6, 6.07) is 14.7. The van der Waals surface area contributed by atoms with Gasteiger partial charge in [0, 0.05) is 29.7 Å². The third kappa shape index (κ3) is 3.97. The lowest BCUT2D eigenvalue weighted by Gasteiger charge is -2.30. The minimum atomic E-state index is -0.00876. The van der Waals surface area contributed by atoms with Crippen LogP contribution in [0.3, 0.4) is 0 Å². The van der Waals surface area contributed by atoms with Gasteiger partial charge >= 0.3 is 0 Å². The molecule has 1 unspecified atom stereocenters. The van der Waals surface area contributed by atoms with Gasteiger partial charge < -0.3 is 15.0 Å². The second-order valence-electron chi connectivity index (χ2n) is 6.90. The SMILES string of the molecule is O=C(N[C@@H]1C[C@H]2CCN(C2)C1)c1ccc(Oc2ccc(Cl)cc2)cc1. The predicted molar refractivity (Wildman–Crippen MR) is 98.4 cm³/mol. The molecular weight excluding hydrogens is 336 g/mol. The molecule has 4 rings (SSSR count). The number of rotatable bonds is 4. The van der Waals surface area contributed by atoms with E-state index in [1.807, 2.05) is 24.3 Å². The molecule has 2 saturated heterocycles. The topological polar surface area (TPSA) is 41.6 Å². The second kappa shape index (κ2) is 7.06. The molecule has 0 spiro atoms. The van der Waals surface area contributed by atoms with Crippen molar-refractivity contribution in [3.05, 3.63) is 59.1 Å². The van der Waals surface area contributed by atoms with Gasteiger partial charge in [0.25, 0.3) is 5.91 Å². The Labute approximate surface area is 152 Å². The summed E-state index contributed by atoms with van der Waals surface area (Å²) in [4.78, 5) is 14.9. The van der Waals surface area contributed by atoms with Crippen molar-refractivity contribution < 1.29 is 9.53 Å². The average molecular weight is 357 g/mol. The van der Waals surface area contributed by atoms with E-state index in [0.717, 1.165) is 18.9 Å². The van der Waals surface area contributed by atoms with E-state index < -0.39 is 0 Å². The lowest BCUT2D eigenvalue weighted by atomic mass is 9.96. The maximum absolute atomic E-state index is 12.5. The van der Waals surface area contributed by atoms with Gasteiger partial charge in [-0.3, -0.25) is 4.79 Å². The number of hydrogen-bond acceptors (Lipinski definition) is 3. The van der Waals surface area contributed by atoms with Gasteiger partial charge in [0.2, 0.25) is 0 Å². The maximum atomic E-state index is 12.5. The van der Waals surface area contributed by atoms with Crippen molar-refractivity contribution in [1.29, 1.82) is 0 Å². The molecule has 0 aromatic heterocycles. The van der Waals surface area contributed by atoms with E-state index >= 15 is 0 Å². The number of carbonyl (C=O) groups excluding carboxylic acids is 1. The number of hydrogen-bond donors (Lipinski definition) is 1. The molecule has 2 fully saturated rings. The number of nitrogens with one attached hydrogen (secondary N) is 1. The van der Waals surface area contributed by atoms with Crippen LogP contribution >= 0.6 is 11.6 Å². The molecule has 2 heterocycles. The summed E-state index contributed by atoms with van der Waals surface area (Å²) in [6.45, 7) is 3.34. The first-order chi connectivity index (χ1) is 12.2. The molecule has 25 heavy (non-hydrogen) atoms. The zero-order chi connectivity index (χ0) is 17.2. The zero-order valence-corrected chi connectivity index (χ0v) is 14.7. The lowest BCUT2D eigenvalue weighted by Crippen LogP contribution is -2.46. The van der Waals surface area contributed by atoms with Crippen LogP contribution in [0.25, 0.3) is 0 Å². The molecule has 0 radical (unpaired) electrons. The van der Waals surface area contributed by atoms with E-state index in [1.54, 1.807) is 24.3 Å². The number of benzene rings is 2. The molecule has 3 atom stereocenters. The summed E-state index contributed by atoms with van der Waals surface area (Å²) in [6.07, 6.45) is 2.36. The first-order valence-corrected chi connectivity index (χ1v) is 9.10. The highest BCUT2D eigenvalue weighted by Gasteiger charge is 2.32. The molecule has 2 aromatic carbocycles. The van der Waals surface area contributed by atoms with Crippen LogP contribution in [0.2, 0.25) is 5.02 Å². The molecule has 1 amide bonds. The summed E-state index contributed by atoms with van der Waals surface area (Å²) in [5.74, 6) is 2.15. The second-order valence-corrected chi connectivity index (χ2v) is 7.34. The zero-order valence-electron chi connectivity index (χ0n) is 14.0. The normalized spacial score (nSPS) is 24.8. The monoisotopic (exact) mass is 356 g/mol. The van der Waals surface area contributed by atoms with Gasteiger partial charge in [0.1, 0.15) is 11.5 Å². The third-order valence-corrected chi connectivity index (χ3v) is 5.22. The highest BCUT2D eigenvalue weighted by Crippen LogP contribution is 2.27. The van der Waals surface area contributed by atoms with Crippen LogP contribution in [-0.4, -0.2) is 36.5 Å². The van der Waals surface area contributed by atoms with Crippen LogP contribution in [0.1, 0.15) is 23.2 Å². The number of amides is 1. The molecule has 0 aliphatic carbocycles. The fourth-order valence-corrected chi connectivity index (χ4v) is 3.87. The van der Waals surface area contributed by atoms with E-state index in [9.17, 15) is 4.79 Å². The van der Waals surface area contributed by atoms with E-state index in [1.165, 1.54) is 19.5 Å². The third-order valence-electron chi connectivity index (χ3n) is 4.97. The minimum absolute atomic E-state index is 0.00876. The minimum Gasteiger partial charge on any atom is -0.457 e. The highest BCUT2D eigenvalue weighted by atomic mass is 35.5. The summed E-state index contributed by atoms with van der Waals surface area (Å²) < 4.78 is 5.76. The van der Waals surface area contributed by atoms with E-state index in [4.69, 9.17) is 16.3 Å². The number of nitrogens with zero attached hydrogens (tertiary/aromatic N) is 1. The number of halogens is 1. The molecule has 2 aliphatic rings. The van der Waals surface area contributed by atoms with Crippen LogP contribution in [0.4, 0.5) is 0 Å². The Balaban J connectivity index is 1.36. The van der Waals surface area contributed by atoms with Crippen molar-refractivity contribution in [3.8, 4) is 11.5 Å². The Kier molecular flexibility index (Phi) is 4.64. The summed E-state index contributed by atoms with van der Waals surface area (Å²) in [5.41, 5.74) is 0.663. The Morgan fingerprint density at radius 3 is 2.40 bits per heavy atom. The molecule has 2 aromatic rings. The standard InChI is InChI=1S/C20H21ClN2O2/c21-16-3-7-19(8-4-16)25-18-5-1-15(2-6-18)20(24)22-17-11-14-9-10-23(12-14)13-17/h1-8,14,17H,9-13H2,(H,22,24)/t14-,17-/m1/s1. The lowest BCUT2D eigenvalue weighted by molar-refractivity contribution is 0.0909. The van der Waals surface area contributed by atoms with Gasteiger partial charge in [0.05, 0.1) is 0 Å². The summed E-state index contributed by atoms with van der Waals surface area (Å²) in [7, 11) is 0. The fourth-order valence-electron chi connectivity index (χ4n) is 3.75. The summed E-state index contributed by atoms with van der Waals surface area (Å²) >= 11 is 5.87. The van der Waals surface area contributed by atoms with Crippen molar-refractivity contribution >= 4 is 17.5 Å². The van der Waals surface area contributed by atoms with Crippen molar-refractivity contribution in [2.75, 3.05) is 19.6 Å². The van der Waals surface area contributed by atoms with Crippen molar-refractivity contribution in [1.82, 2.24) is 10.2 Å². The molecule has 0 saturated carbocycles. The van der Waals surface area contributed by atoms with Crippen LogP contribution in [0, 0.1) is 5.92 Å². The van der Waals surface area contributed by atoms with Crippen LogP contribution < -0.4 is 10.1 Å². The van der Waals surface area contributed by atoms with Gasteiger partial charge in [-0.05, 0) is 73.8 Å². The number of ether oxygens (including phenoxy) is 1. The predicted octanol–water partition coefficient (Wildman–Crippen LogP) is 3.96. The number of fused-ring (bicyclic) bond motifs is 2. The van der Waals surface area contributed by atoms with E-state index in [-0.39, 0.29) is 11.9 Å². The molecular formula is C20H21ClN2O2. The molecule has 2 aliphatic heterocycles. The highest BCUT2D eigenvalue weighted by molar-refractivity contribution is 6.30. The van der Waals surface area contributed by atoms with Gasteiger partial charge in [-0.15, -0.1) is 0 Å². The Morgan fingerprint density at radius 1 is 1.04 bits per heavy atom. The quantitative estimate of drug-likeness (QED) is 0.901. The van der Waals surface area contributed by atoms with E-state index in [0.29, 0.717) is 22.1 Å². The maximum Gasteiger partial charge on any atom is 0.251 e. The van der Waals surface area contributed by atoms with Gasteiger partial charge in [-0.25, -0.2) is 0 Å². The van der Waals surface area contributed by atoms with Gasteiger partial charge in [0.15, 0.2) is 0 Å². The largest absolute Gasteiger partial charge is 0.457 e. The van der Waals surface area contributed by atoms with E-state index in [2.05, 4.69) is 10.2 Å². The Morgan fingerprint density at radius 2 is 1.72 bits per heavy atom. The average Bonchev–Trinajstić information content (AvgIpc) is 2.96. The van der Waals surface area contributed by atoms with Gasteiger partial charge in [-0.1, -0.05) is 11.6 Å². The number of carbonyl (C=O) groups is 1. The fraction of sp³-hybridized carbons (Fsp3) is 0.350. The molecule has 5 heteroatoms. The first-order valence-electron chi connectivity index (χ1n) is 8.72. The molecule has 2 bridgehead atoms. The van der Waals surface area contributed by atoms with Gasteiger partial charge in [-0.2, -0.15) is 0 Å².